The van der Waals surface area contributed by atoms with Crippen LogP contribution in [0.1, 0.15) is 42.7 Å². The second kappa shape index (κ2) is 5.74. The van der Waals surface area contributed by atoms with Crippen molar-refractivity contribution in [1.82, 2.24) is 4.57 Å². The van der Waals surface area contributed by atoms with E-state index in [0.717, 1.165) is 31.6 Å². The topological polar surface area (TPSA) is 31.2 Å². The minimum atomic E-state index is 0.0733. The van der Waals surface area contributed by atoms with E-state index in [2.05, 4.69) is 25.0 Å². The van der Waals surface area contributed by atoms with Gasteiger partial charge in [-0.2, -0.15) is 0 Å². The van der Waals surface area contributed by atoms with E-state index in [4.69, 9.17) is 4.74 Å². The summed E-state index contributed by atoms with van der Waals surface area (Å²) >= 11 is 0. The molecule has 0 saturated carbocycles. The van der Waals surface area contributed by atoms with Crippen molar-refractivity contribution in [2.24, 2.45) is 5.41 Å². The van der Waals surface area contributed by atoms with Crippen LogP contribution in [0.15, 0.2) is 24.9 Å². The van der Waals surface area contributed by atoms with Gasteiger partial charge < -0.3 is 9.30 Å². The van der Waals surface area contributed by atoms with E-state index < -0.39 is 0 Å². The highest BCUT2D eigenvalue weighted by molar-refractivity contribution is 5.98. The van der Waals surface area contributed by atoms with Gasteiger partial charge in [0.1, 0.15) is 0 Å². The van der Waals surface area contributed by atoms with Gasteiger partial charge in [0.05, 0.1) is 13.2 Å². The first-order chi connectivity index (χ1) is 9.03. The summed E-state index contributed by atoms with van der Waals surface area (Å²) in [5.74, 6) is 0.276. The van der Waals surface area contributed by atoms with Crippen LogP contribution in [-0.4, -0.2) is 23.6 Å². The fourth-order valence-corrected chi connectivity index (χ4v) is 2.64. The number of hydrogen-bond acceptors (Lipinski definition) is 2. The van der Waals surface area contributed by atoms with Gasteiger partial charge in [-0.15, -0.1) is 6.58 Å². The van der Waals surface area contributed by atoms with Gasteiger partial charge in [-0.1, -0.05) is 19.9 Å². The number of fused-ring (bicyclic) bond motifs is 1. The first-order valence-electron chi connectivity index (χ1n) is 6.93. The molecule has 0 atom stereocenters. The Morgan fingerprint density at radius 2 is 2.21 bits per heavy atom. The molecule has 1 aliphatic carbocycles. The van der Waals surface area contributed by atoms with Gasteiger partial charge in [-0.3, -0.25) is 4.79 Å². The number of Topliss-reactive ketones (excluding diaryl/α,β-unsaturated/α-hetero) is 1. The van der Waals surface area contributed by atoms with Gasteiger partial charge >= 0.3 is 0 Å². The van der Waals surface area contributed by atoms with Gasteiger partial charge in [0.15, 0.2) is 5.78 Å². The Labute approximate surface area is 115 Å². The first-order valence-corrected chi connectivity index (χ1v) is 6.93. The lowest BCUT2D eigenvalue weighted by Gasteiger charge is -2.29. The average molecular weight is 261 g/mol. The van der Waals surface area contributed by atoms with Crippen molar-refractivity contribution in [1.29, 1.82) is 0 Å². The van der Waals surface area contributed by atoms with Crippen molar-refractivity contribution in [2.75, 3.05) is 13.2 Å². The Hall–Kier alpha value is -1.35. The third-order valence-corrected chi connectivity index (χ3v) is 3.61. The molecule has 0 unspecified atom stereocenters. The molecule has 3 heteroatoms. The Morgan fingerprint density at radius 1 is 1.42 bits per heavy atom. The normalized spacial score (nSPS) is 17.3. The van der Waals surface area contributed by atoms with Crippen LogP contribution >= 0.6 is 0 Å². The molecule has 1 aromatic heterocycles. The van der Waals surface area contributed by atoms with Crippen molar-refractivity contribution in [3.8, 4) is 0 Å². The number of ketones is 1. The number of hydrogen-bond donors (Lipinski definition) is 0. The van der Waals surface area contributed by atoms with Gasteiger partial charge in [0, 0.05) is 30.4 Å². The first kappa shape index (κ1) is 14.1. The van der Waals surface area contributed by atoms with E-state index in [1.807, 2.05) is 18.3 Å². The Bertz CT molecular complexity index is 471. The number of nitrogens with zero attached hydrogens (tertiary/aromatic N) is 1. The number of aromatic nitrogens is 1. The lowest BCUT2D eigenvalue weighted by atomic mass is 9.76. The maximum Gasteiger partial charge on any atom is 0.165 e. The zero-order valence-electron chi connectivity index (χ0n) is 11.9. The second-order valence-electron chi connectivity index (χ2n) is 6.00. The van der Waals surface area contributed by atoms with E-state index >= 15 is 0 Å². The summed E-state index contributed by atoms with van der Waals surface area (Å²) in [5.41, 5.74) is 2.16. The molecule has 1 heterocycles. The molecule has 19 heavy (non-hydrogen) atoms. The van der Waals surface area contributed by atoms with E-state index in [0.29, 0.717) is 13.0 Å². The van der Waals surface area contributed by atoms with Crippen LogP contribution in [-0.2, 0) is 17.7 Å². The summed E-state index contributed by atoms with van der Waals surface area (Å²) in [6, 6.07) is 1.96. The molecule has 0 saturated heterocycles. The van der Waals surface area contributed by atoms with Crippen LogP contribution in [0.2, 0.25) is 0 Å². The molecule has 0 amide bonds. The standard InChI is InChI=1S/C16H23NO2/c1-4-5-9-19-10-8-17-7-6-13-14(17)11-16(2,3)12-15(13)18/h4,6-7H,1,5,8-12H2,2-3H3. The molecule has 104 valence electrons. The van der Waals surface area contributed by atoms with Gasteiger partial charge in [-0.25, -0.2) is 0 Å². The SMILES string of the molecule is C=CCCOCCn1ccc2c1CC(C)(C)CC2=O. The summed E-state index contributed by atoms with van der Waals surface area (Å²) in [6.45, 7) is 10.2. The van der Waals surface area contributed by atoms with Crippen LogP contribution < -0.4 is 0 Å². The zero-order chi connectivity index (χ0) is 13.9. The number of carbonyl (C=O) groups excluding carboxylic acids is 1. The molecule has 2 rings (SSSR count). The van der Waals surface area contributed by atoms with Crippen molar-refractivity contribution in [3.63, 3.8) is 0 Å². The molecule has 0 N–H and O–H groups in total. The predicted molar refractivity (Wildman–Crippen MR) is 76.5 cm³/mol. The Kier molecular flexibility index (Phi) is 4.25. The summed E-state index contributed by atoms with van der Waals surface area (Å²) in [7, 11) is 0. The molecule has 0 bridgehead atoms. The molecule has 0 aromatic carbocycles. The summed E-state index contributed by atoms with van der Waals surface area (Å²) < 4.78 is 7.71. The van der Waals surface area contributed by atoms with E-state index in [-0.39, 0.29) is 11.2 Å². The van der Waals surface area contributed by atoms with Crippen molar-refractivity contribution < 1.29 is 9.53 Å². The van der Waals surface area contributed by atoms with Crippen LogP contribution in [0.5, 0.6) is 0 Å². The van der Waals surface area contributed by atoms with Crippen LogP contribution in [0.3, 0.4) is 0 Å². The minimum Gasteiger partial charge on any atom is -0.379 e. The van der Waals surface area contributed by atoms with Crippen molar-refractivity contribution in [3.05, 3.63) is 36.2 Å². The molecule has 0 spiro atoms. The predicted octanol–water partition coefficient (Wildman–Crippen LogP) is 3.24. The Balaban J connectivity index is 2.00. The van der Waals surface area contributed by atoms with Gasteiger partial charge in [-0.05, 0) is 24.3 Å². The number of rotatable bonds is 6. The third kappa shape index (κ3) is 3.35. The molecule has 3 nitrogen and oxygen atoms in total. The smallest absolute Gasteiger partial charge is 0.165 e. The quantitative estimate of drug-likeness (QED) is 0.581. The fourth-order valence-electron chi connectivity index (χ4n) is 2.64. The highest BCUT2D eigenvalue weighted by Crippen LogP contribution is 2.35. The molecular weight excluding hydrogens is 238 g/mol. The second-order valence-corrected chi connectivity index (χ2v) is 6.00. The van der Waals surface area contributed by atoms with Crippen molar-refractivity contribution >= 4 is 5.78 Å². The maximum absolute atomic E-state index is 12.1. The number of carbonyl (C=O) groups is 1. The highest BCUT2D eigenvalue weighted by atomic mass is 16.5. The van der Waals surface area contributed by atoms with Gasteiger partial charge in [0.2, 0.25) is 0 Å². The minimum absolute atomic E-state index is 0.0733. The van der Waals surface area contributed by atoms with Crippen LogP contribution in [0, 0.1) is 5.41 Å². The van der Waals surface area contributed by atoms with E-state index in [1.54, 1.807) is 0 Å². The highest BCUT2D eigenvalue weighted by Gasteiger charge is 2.32. The summed E-state index contributed by atoms with van der Waals surface area (Å²) in [5, 5.41) is 0. The molecule has 0 radical (unpaired) electrons. The van der Waals surface area contributed by atoms with Gasteiger partial charge in [0.25, 0.3) is 0 Å². The van der Waals surface area contributed by atoms with Crippen LogP contribution in [0.4, 0.5) is 0 Å². The molecule has 1 aromatic rings. The lowest BCUT2D eigenvalue weighted by molar-refractivity contribution is 0.0907. The summed E-state index contributed by atoms with van der Waals surface area (Å²) in [6.07, 6.45) is 6.38. The molecular formula is C16H23NO2. The van der Waals surface area contributed by atoms with E-state index in [9.17, 15) is 4.79 Å². The zero-order valence-corrected chi connectivity index (χ0v) is 11.9. The average Bonchev–Trinajstić information content (AvgIpc) is 2.71. The largest absolute Gasteiger partial charge is 0.379 e. The molecule has 0 fully saturated rings. The van der Waals surface area contributed by atoms with Crippen molar-refractivity contribution in [2.45, 2.75) is 39.7 Å². The maximum atomic E-state index is 12.1. The monoisotopic (exact) mass is 261 g/mol. The fraction of sp³-hybridized carbons (Fsp3) is 0.562. The van der Waals surface area contributed by atoms with E-state index in [1.165, 1.54) is 5.69 Å². The summed E-state index contributed by atoms with van der Waals surface area (Å²) in [4.78, 5) is 12.1. The number of ether oxygens (including phenoxy) is 1. The lowest BCUT2D eigenvalue weighted by Crippen LogP contribution is -2.28. The van der Waals surface area contributed by atoms with Crippen LogP contribution in [0.25, 0.3) is 0 Å². The third-order valence-electron chi connectivity index (χ3n) is 3.61. The molecule has 1 aliphatic rings. The Morgan fingerprint density at radius 3 is 2.95 bits per heavy atom. The molecule has 0 aliphatic heterocycles.